The lowest BCUT2D eigenvalue weighted by Crippen LogP contribution is -2.28. The zero-order chi connectivity index (χ0) is 12.1. The molecule has 1 saturated carbocycles. The summed E-state index contributed by atoms with van der Waals surface area (Å²) in [5, 5.41) is 3.42. The Kier molecular flexibility index (Phi) is 4.21. The van der Waals surface area contributed by atoms with Gasteiger partial charge in [-0.1, -0.05) is 19.8 Å². The van der Waals surface area contributed by atoms with Crippen LogP contribution in [0.1, 0.15) is 38.3 Å². The first-order chi connectivity index (χ1) is 8.28. The molecule has 0 saturated heterocycles. The van der Waals surface area contributed by atoms with E-state index < -0.39 is 0 Å². The number of aromatic nitrogens is 2. The topological polar surface area (TPSA) is 37.8 Å². The van der Waals surface area contributed by atoms with Gasteiger partial charge in [-0.2, -0.15) is 0 Å². The number of aryl methyl sites for hydroxylation is 1. The number of hydrogen-bond acceptors (Lipinski definition) is 3. The van der Waals surface area contributed by atoms with Crippen molar-refractivity contribution in [3.05, 3.63) is 18.1 Å². The zero-order valence-electron chi connectivity index (χ0n) is 10.4. The molecule has 1 aromatic rings. The zero-order valence-corrected chi connectivity index (χ0v) is 11.1. The van der Waals surface area contributed by atoms with E-state index in [-0.39, 0.29) is 5.41 Å². The number of hydrogen-bond donors (Lipinski definition) is 1. The predicted molar refractivity (Wildman–Crippen MR) is 71.5 cm³/mol. The van der Waals surface area contributed by atoms with Crippen molar-refractivity contribution < 1.29 is 0 Å². The van der Waals surface area contributed by atoms with Crippen molar-refractivity contribution >= 4 is 17.4 Å². The average molecular weight is 254 g/mol. The highest BCUT2D eigenvalue weighted by Gasteiger charge is 2.32. The van der Waals surface area contributed by atoms with Crippen molar-refractivity contribution in [2.24, 2.45) is 5.41 Å². The summed E-state index contributed by atoms with van der Waals surface area (Å²) in [6, 6.07) is 2.02. The second-order valence-corrected chi connectivity index (χ2v) is 5.21. The van der Waals surface area contributed by atoms with Crippen LogP contribution in [0, 0.1) is 5.41 Å². The molecule has 17 heavy (non-hydrogen) atoms. The van der Waals surface area contributed by atoms with Crippen LogP contribution in [0.2, 0.25) is 0 Å². The largest absolute Gasteiger partial charge is 0.369 e. The molecule has 0 bridgehead atoms. The van der Waals surface area contributed by atoms with Gasteiger partial charge in [-0.25, -0.2) is 9.97 Å². The number of alkyl halides is 1. The first-order valence-electron chi connectivity index (χ1n) is 6.39. The molecule has 1 N–H and O–H groups in total. The van der Waals surface area contributed by atoms with Crippen LogP contribution in [0.5, 0.6) is 0 Å². The number of nitrogens with one attached hydrogen (secondary N) is 1. The number of rotatable bonds is 5. The molecule has 1 aliphatic rings. The second kappa shape index (κ2) is 5.67. The van der Waals surface area contributed by atoms with Crippen LogP contribution in [0.3, 0.4) is 0 Å². The average Bonchev–Trinajstić information content (AvgIpc) is 2.86. The molecule has 1 aliphatic carbocycles. The molecule has 0 aromatic carbocycles. The third-order valence-corrected chi connectivity index (χ3v) is 4.25. The second-order valence-electron chi connectivity index (χ2n) is 4.94. The maximum Gasteiger partial charge on any atom is 0.129 e. The van der Waals surface area contributed by atoms with E-state index in [1.54, 1.807) is 6.33 Å². The summed E-state index contributed by atoms with van der Waals surface area (Å²) in [5.74, 6) is 1.67. The third kappa shape index (κ3) is 3.09. The van der Waals surface area contributed by atoms with Gasteiger partial charge in [0, 0.05) is 29.6 Å². The maximum atomic E-state index is 6.12. The molecule has 4 heteroatoms. The van der Waals surface area contributed by atoms with E-state index >= 15 is 0 Å². The van der Waals surface area contributed by atoms with Gasteiger partial charge in [0.2, 0.25) is 0 Å². The van der Waals surface area contributed by atoms with Crippen LogP contribution in [0.4, 0.5) is 5.82 Å². The van der Waals surface area contributed by atoms with Crippen molar-refractivity contribution in [3.63, 3.8) is 0 Å². The summed E-state index contributed by atoms with van der Waals surface area (Å²) < 4.78 is 0. The summed E-state index contributed by atoms with van der Waals surface area (Å²) in [4.78, 5) is 8.45. The summed E-state index contributed by atoms with van der Waals surface area (Å²) >= 11 is 6.12. The molecule has 0 spiro atoms. The Hall–Kier alpha value is -0.830. The summed E-state index contributed by atoms with van der Waals surface area (Å²) in [7, 11) is 0. The Morgan fingerprint density at radius 1 is 1.35 bits per heavy atom. The van der Waals surface area contributed by atoms with Crippen molar-refractivity contribution in [3.8, 4) is 0 Å². The van der Waals surface area contributed by atoms with E-state index in [0.29, 0.717) is 0 Å². The quantitative estimate of drug-likeness (QED) is 0.819. The van der Waals surface area contributed by atoms with E-state index in [9.17, 15) is 0 Å². The van der Waals surface area contributed by atoms with E-state index in [1.165, 1.54) is 25.7 Å². The summed E-state index contributed by atoms with van der Waals surface area (Å²) in [6.07, 6.45) is 7.64. The van der Waals surface area contributed by atoms with E-state index in [4.69, 9.17) is 11.6 Å². The van der Waals surface area contributed by atoms with Gasteiger partial charge >= 0.3 is 0 Å². The first-order valence-corrected chi connectivity index (χ1v) is 6.92. The maximum absolute atomic E-state index is 6.12. The van der Waals surface area contributed by atoms with Gasteiger partial charge in [0.05, 0.1) is 0 Å². The fourth-order valence-electron chi connectivity index (χ4n) is 2.45. The molecule has 94 valence electrons. The van der Waals surface area contributed by atoms with E-state index in [0.717, 1.165) is 30.4 Å². The summed E-state index contributed by atoms with van der Waals surface area (Å²) in [6.45, 7) is 3.03. The molecule has 1 heterocycles. The number of anilines is 1. The molecule has 1 aromatic heterocycles. The van der Waals surface area contributed by atoms with Gasteiger partial charge in [-0.3, -0.25) is 0 Å². The van der Waals surface area contributed by atoms with Crippen LogP contribution in [-0.4, -0.2) is 22.4 Å². The highest BCUT2D eigenvalue weighted by molar-refractivity contribution is 6.18. The Morgan fingerprint density at radius 2 is 2.12 bits per heavy atom. The van der Waals surface area contributed by atoms with Crippen LogP contribution in [-0.2, 0) is 6.42 Å². The molecule has 0 radical (unpaired) electrons. The molecular formula is C13H20ClN3. The Bertz CT molecular complexity index is 361. The monoisotopic (exact) mass is 253 g/mol. The van der Waals surface area contributed by atoms with Crippen LogP contribution < -0.4 is 5.32 Å². The van der Waals surface area contributed by atoms with Crippen molar-refractivity contribution in [1.29, 1.82) is 0 Å². The molecule has 3 nitrogen and oxygen atoms in total. The van der Waals surface area contributed by atoms with E-state index in [1.807, 2.05) is 6.07 Å². The molecule has 0 amide bonds. The van der Waals surface area contributed by atoms with Crippen molar-refractivity contribution in [1.82, 2.24) is 9.97 Å². The van der Waals surface area contributed by atoms with Crippen LogP contribution >= 0.6 is 11.6 Å². The molecule has 0 aliphatic heterocycles. The smallest absolute Gasteiger partial charge is 0.129 e. The lowest BCUT2D eigenvalue weighted by Gasteiger charge is -2.26. The predicted octanol–water partition coefficient (Wildman–Crippen LogP) is 3.25. The Labute approximate surface area is 108 Å². The summed E-state index contributed by atoms with van der Waals surface area (Å²) in [5.41, 5.74) is 1.35. The minimum absolute atomic E-state index is 0.277. The normalized spacial score (nSPS) is 18.2. The number of nitrogens with zero attached hydrogens (tertiary/aromatic N) is 2. The van der Waals surface area contributed by atoms with Gasteiger partial charge in [0.25, 0.3) is 0 Å². The Balaban J connectivity index is 1.96. The molecule has 0 unspecified atom stereocenters. The molecule has 2 rings (SSSR count). The molecule has 1 fully saturated rings. The fourth-order valence-corrected chi connectivity index (χ4v) is 2.81. The van der Waals surface area contributed by atoms with Gasteiger partial charge < -0.3 is 5.32 Å². The van der Waals surface area contributed by atoms with Gasteiger partial charge in [0.1, 0.15) is 12.1 Å². The van der Waals surface area contributed by atoms with Crippen molar-refractivity contribution in [2.45, 2.75) is 39.0 Å². The minimum Gasteiger partial charge on any atom is -0.369 e. The Morgan fingerprint density at radius 3 is 2.76 bits per heavy atom. The van der Waals surface area contributed by atoms with Crippen molar-refractivity contribution in [2.75, 3.05) is 17.7 Å². The third-order valence-electron chi connectivity index (χ3n) is 3.68. The standard InChI is InChI=1S/C13H20ClN3/c1-2-11-7-12(17-10-16-11)15-9-13(8-14)5-3-4-6-13/h7,10H,2-6,8-9H2,1H3,(H,15,16,17). The van der Waals surface area contributed by atoms with Crippen LogP contribution in [0.15, 0.2) is 12.4 Å². The van der Waals surface area contributed by atoms with Gasteiger partial charge in [-0.15, -0.1) is 11.6 Å². The minimum atomic E-state index is 0.277. The first kappa shape index (κ1) is 12.6. The van der Waals surface area contributed by atoms with Gasteiger partial charge in [0.15, 0.2) is 0 Å². The van der Waals surface area contributed by atoms with E-state index in [2.05, 4.69) is 22.2 Å². The molecular weight excluding hydrogens is 234 g/mol. The highest BCUT2D eigenvalue weighted by atomic mass is 35.5. The number of halogens is 1. The van der Waals surface area contributed by atoms with Crippen LogP contribution in [0.25, 0.3) is 0 Å². The molecule has 0 atom stereocenters. The SMILES string of the molecule is CCc1cc(NCC2(CCl)CCCC2)ncn1. The lowest BCUT2D eigenvalue weighted by atomic mass is 9.88. The van der Waals surface area contributed by atoms with Gasteiger partial charge in [-0.05, 0) is 19.3 Å². The highest BCUT2D eigenvalue weighted by Crippen LogP contribution is 2.39. The lowest BCUT2D eigenvalue weighted by molar-refractivity contribution is 0.368. The fraction of sp³-hybridized carbons (Fsp3) is 0.692.